The molecule has 1 N–H and O–H groups in total. The molecular formula is C11H13FO3. The van der Waals surface area contributed by atoms with Gasteiger partial charge in [-0.3, -0.25) is 4.79 Å². The summed E-state index contributed by atoms with van der Waals surface area (Å²) < 4.78 is 17.5. The Morgan fingerprint density at radius 3 is 2.53 bits per heavy atom. The molecule has 4 heteroatoms. The van der Waals surface area contributed by atoms with Gasteiger partial charge in [-0.05, 0) is 24.1 Å². The summed E-state index contributed by atoms with van der Waals surface area (Å²) in [6.45, 7) is 0.369. The summed E-state index contributed by atoms with van der Waals surface area (Å²) >= 11 is 0. The average Bonchev–Trinajstić information content (AvgIpc) is 2.21. The zero-order valence-electron chi connectivity index (χ0n) is 8.44. The second-order valence-corrected chi connectivity index (χ2v) is 3.22. The van der Waals surface area contributed by atoms with Crippen molar-refractivity contribution in [1.82, 2.24) is 0 Å². The molecular weight excluding hydrogens is 199 g/mol. The minimum absolute atomic E-state index is 0.366. The molecule has 1 rings (SSSR count). The number of hydrogen-bond donors (Lipinski definition) is 1. The molecule has 0 spiro atoms. The Balaban J connectivity index is 2.79. The zero-order chi connectivity index (χ0) is 11.3. The van der Waals surface area contributed by atoms with Crippen LogP contribution in [0.25, 0.3) is 0 Å². The molecule has 0 aliphatic rings. The molecule has 1 aromatic carbocycles. The SMILES string of the molecule is COCCC(C(=O)O)c1ccc(F)cc1. The minimum Gasteiger partial charge on any atom is -0.481 e. The van der Waals surface area contributed by atoms with E-state index in [2.05, 4.69) is 0 Å². The van der Waals surface area contributed by atoms with Gasteiger partial charge in [-0.15, -0.1) is 0 Å². The van der Waals surface area contributed by atoms with Gasteiger partial charge < -0.3 is 9.84 Å². The summed E-state index contributed by atoms with van der Waals surface area (Å²) in [6, 6.07) is 5.50. The summed E-state index contributed by atoms with van der Waals surface area (Å²) in [7, 11) is 1.52. The Kier molecular flexibility index (Phi) is 4.24. The van der Waals surface area contributed by atoms with Crippen molar-refractivity contribution in [2.45, 2.75) is 12.3 Å². The number of carboxylic acid groups (broad SMARTS) is 1. The van der Waals surface area contributed by atoms with Crippen LogP contribution in [-0.4, -0.2) is 24.8 Å². The fourth-order valence-electron chi connectivity index (χ4n) is 1.36. The van der Waals surface area contributed by atoms with Crippen molar-refractivity contribution in [3.8, 4) is 0 Å². The van der Waals surface area contributed by atoms with E-state index >= 15 is 0 Å². The molecule has 0 aliphatic heterocycles. The van der Waals surface area contributed by atoms with Crippen molar-refractivity contribution in [1.29, 1.82) is 0 Å². The maximum Gasteiger partial charge on any atom is 0.311 e. The topological polar surface area (TPSA) is 46.5 Å². The third kappa shape index (κ3) is 3.32. The first-order valence-corrected chi connectivity index (χ1v) is 4.62. The number of carbonyl (C=O) groups is 1. The van der Waals surface area contributed by atoms with Crippen LogP contribution in [0.4, 0.5) is 4.39 Å². The number of ether oxygens (including phenoxy) is 1. The van der Waals surface area contributed by atoms with Gasteiger partial charge in [-0.1, -0.05) is 12.1 Å². The molecule has 0 saturated carbocycles. The average molecular weight is 212 g/mol. The lowest BCUT2D eigenvalue weighted by Crippen LogP contribution is -2.13. The van der Waals surface area contributed by atoms with Crippen LogP contribution in [-0.2, 0) is 9.53 Å². The van der Waals surface area contributed by atoms with Crippen LogP contribution in [0.15, 0.2) is 24.3 Å². The fourth-order valence-corrected chi connectivity index (χ4v) is 1.36. The van der Waals surface area contributed by atoms with E-state index in [1.54, 1.807) is 0 Å². The highest BCUT2D eigenvalue weighted by Gasteiger charge is 2.19. The number of rotatable bonds is 5. The predicted molar refractivity (Wildman–Crippen MR) is 53.3 cm³/mol. The summed E-state index contributed by atoms with van der Waals surface area (Å²) in [4.78, 5) is 10.9. The number of methoxy groups -OCH3 is 1. The molecule has 82 valence electrons. The van der Waals surface area contributed by atoms with Crippen molar-refractivity contribution < 1.29 is 19.0 Å². The fraction of sp³-hybridized carbons (Fsp3) is 0.364. The molecule has 0 fully saturated rings. The summed E-state index contributed by atoms with van der Waals surface area (Å²) in [5.74, 6) is -1.92. The van der Waals surface area contributed by atoms with Crippen LogP contribution in [0.5, 0.6) is 0 Å². The first-order valence-electron chi connectivity index (χ1n) is 4.62. The van der Waals surface area contributed by atoms with E-state index in [0.717, 1.165) is 0 Å². The van der Waals surface area contributed by atoms with Gasteiger partial charge >= 0.3 is 5.97 Å². The molecule has 0 aromatic heterocycles. The van der Waals surface area contributed by atoms with Crippen molar-refractivity contribution in [3.05, 3.63) is 35.6 Å². The second-order valence-electron chi connectivity index (χ2n) is 3.22. The molecule has 0 amide bonds. The highest BCUT2D eigenvalue weighted by molar-refractivity contribution is 5.76. The van der Waals surface area contributed by atoms with Crippen LogP contribution < -0.4 is 0 Å². The Morgan fingerprint density at radius 1 is 1.47 bits per heavy atom. The highest BCUT2D eigenvalue weighted by atomic mass is 19.1. The van der Waals surface area contributed by atoms with Gasteiger partial charge in [0.15, 0.2) is 0 Å². The zero-order valence-corrected chi connectivity index (χ0v) is 8.44. The van der Waals surface area contributed by atoms with Gasteiger partial charge in [0.05, 0.1) is 5.92 Å². The number of halogens is 1. The van der Waals surface area contributed by atoms with Gasteiger partial charge in [0, 0.05) is 13.7 Å². The Hall–Kier alpha value is -1.42. The summed E-state index contributed by atoms with van der Waals surface area (Å²) in [6.07, 6.45) is 0.386. The molecule has 15 heavy (non-hydrogen) atoms. The molecule has 0 bridgehead atoms. The molecule has 3 nitrogen and oxygen atoms in total. The number of benzene rings is 1. The maximum atomic E-state index is 12.6. The standard InChI is InChI=1S/C11H13FO3/c1-15-7-6-10(11(13)14)8-2-4-9(12)5-3-8/h2-5,10H,6-7H2,1H3,(H,13,14). The first kappa shape index (κ1) is 11.7. The second kappa shape index (κ2) is 5.46. The van der Waals surface area contributed by atoms with Crippen LogP contribution in [0, 0.1) is 5.82 Å². The van der Waals surface area contributed by atoms with Gasteiger partial charge in [-0.25, -0.2) is 4.39 Å². The number of aliphatic carboxylic acids is 1. The molecule has 0 heterocycles. The van der Waals surface area contributed by atoms with Crippen LogP contribution >= 0.6 is 0 Å². The van der Waals surface area contributed by atoms with Gasteiger partial charge in [0.1, 0.15) is 5.82 Å². The van der Waals surface area contributed by atoms with E-state index in [4.69, 9.17) is 9.84 Å². The largest absolute Gasteiger partial charge is 0.481 e. The Labute approximate surface area is 87.5 Å². The first-order chi connectivity index (χ1) is 7.15. The normalized spacial score (nSPS) is 12.4. The number of hydrogen-bond acceptors (Lipinski definition) is 2. The third-order valence-corrected chi connectivity index (χ3v) is 2.18. The molecule has 1 aromatic rings. The lowest BCUT2D eigenvalue weighted by molar-refractivity contribution is -0.139. The van der Waals surface area contributed by atoms with Crippen LogP contribution in [0.2, 0.25) is 0 Å². The molecule has 1 atom stereocenters. The predicted octanol–water partition coefficient (Wildman–Crippen LogP) is 2.03. The van der Waals surface area contributed by atoms with E-state index in [0.29, 0.717) is 18.6 Å². The molecule has 1 unspecified atom stereocenters. The number of carboxylic acids is 1. The van der Waals surface area contributed by atoms with E-state index < -0.39 is 11.9 Å². The summed E-state index contributed by atoms with van der Waals surface area (Å²) in [5.41, 5.74) is 0.598. The Bertz CT molecular complexity index is 321. The molecule has 0 radical (unpaired) electrons. The monoisotopic (exact) mass is 212 g/mol. The van der Waals surface area contributed by atoms with E-state index in [-0.39, 0.29) is 5.82 Å². The van der Waals surface area contributed by atoms with Crippen molar-refractivity contribution in [2.75, 3.05) is 13.7 Å². The quantitative estimate of drug-likeness (QED) is 0.812. The van der Waals surface area contributed by atoms with E-state index in [9.17, 15) is 9.18 Å². The smallest absolute Gasteiger partial charge is 0.311 e. The molecule has 0 saturated heterocycles. The van der Waals surface area contributed by atoms with Gasteiger partial charge in [0.2, 0.25) is 0 Å². The third-order valence-electron chi connectivity index (χ3n) is 2.18. The van der Waals surface area contributed by atoms with Gasteiger partial charge in [-0.2, -0.15) is 0 Å². The lowest BCUT2D eigenvalue weighted by Gasteiger charge is -2.11. The minimum atomic E-state index is -0.918. The van der Waals surface area contributed by atoms with Gasteiger partial charge in [0.25, 0.3) is 0 Å². The van der Waals surface area contributed by atoms with E-state index in [1.807, 2.05) is 0 Å². The highest BCUT2D eigenvalue weighted by Crippen LogP contribution is 2.20. The Morgan fingerprint density at radius 2 is 2.07 bits per heavy atom. The van der Waals surface area contributed by atoms with Crippen LogP contribution in [0.3, 0.4) is 0 Å². The van der Waals surface area contributed by atoms with E-state index in [1.165, 1.54) is 31.4 Å². The maximum absolute atomic E-state index is 12.6. The van der Waals surface area contributed by atoms with Crippen molar-refractivity contribution >= 4 is 5.97 Å². The lowest BCUT2D eigenvalue weighted by atomic mass is 9.96. The van der Waals surface area contributed by atoms with Crippen LogP contribution in [0.1, 0.15) is 17.9 Å². The van der Waals surface area contributed by atoms with Crippen molar-refractivity contribution in [2.24, 2.45) is 0 Å². The summed E-state index contributed by atoms with van der Waals surface area (Å²) in [5, 5.41) is 8.97. The molecule has 0 aliphatic carbocycles. The van der Waals surface area contributed by atoms with Crippen molar-refractivity contribution in [3.63, 3.8) is 0 Å².